The molecular formula is C23H28N4O3S2. The van der Waals surface area contributed by atoms with Crippen LogP contribution in [-0.2, 0) is 27.7 Å². The van der Waals surface area contributed by atoms with E-state index >= 15 is 0 Å². The fourth-order valence-electron chi connectivity index (χ4n) is 4.28. The van der Waals surface area contributed by atoms with Gasteiger partial charge in [0.25, 0.3) is 0 Å². The molecule has 4 rings (SSSR count). The minimum Gasteiger partial charge on any atom is -0.315 e. The van der Waals surface area contributed by atoms with Gasteiger partial charge in [-0.05, 0) is 48.4 Å². The first-order chi connectivity index (χ1) is 15.3. The van der Waals surface area contributed by atoms with E-state index in [1.807, 2.05) is 17.0 Å². The molecular weight excluding hydrogens is 444 g/mol. The van der Waals surface area contributed by atoms with Crippen molar-refractivity contribution in [2.24, 2.45) is 0 Å². The van der Waals surface area contributed by atoms with Crippen molar-refractivity contribution in [3.63, 3.8) is 0 Å². The van der Waals surface area contributed by atoms with Crippen molar-refractivity contribution in [3.8, 4) is 6.07 Å². The van der Waals surface area contributed by atoms with Crippen LogP contribution in [0.4, 0.5) is 5.00 Å². The number of hydrogen-bond acceptors (Lipinski definition) is 6. The van der Waals surface area contributed by atoms with Crippen molar-refractivity contribution in [1.29, 1.82) is 5.26 Å². The number of benzene rings is 1. The van der Waals surface area contributed by atoms with E-state index in [0.29, 0.717) is 47.6 Å². The first-order valence-corrected chi connectivity index (χ1v) is 13.2. The number of anilines is 1. The Morgan fingerprint density at radius 2 is 1.84 bits per heavy atom. The van der Waals surface area contributed by atoms with Crippen LogP contribution in [0.1, 0.15) is 47.8 Å². The van der Waals surface area contributed by atoms with E-state index < -0.39 is 10.0 Å². The van der Waals surface area contributed by atoms with Crippen molar-refractivity contribution >= 4 is 32.3 Å². The fraction of sp³-hybridized carbons (Fsp3) is 0.478. The van der Waals surface area contributed by atoms with Gasteiger partial charge in [-0.2, -0.15) is 9.57 Å². The molecule has 1 saturated heterocycles. The monoisotopic (exact) mass is 472 g/mol. The summed E-state index contributed by atoms with van der Waals surface area (Å²) in [6.45, 7) is 6.00. The molecule has 2 heterocycles. The number of piperazine rings is 1. The highest BCUT2D eigenvalue weighted by Gasteiger charge is 2.29. The summed E-state index contributed by atoms with van der Waals surface area (Å²) in [4.78, 5) is 16.0. The number of nitrogens with one attached hydrogen (secondary N) is 1. The number of carbonyl (C=O) groups is 1. The lowest BCUT2D eigenvalue weighted by atomic mass is 10.0. The smallest absolute Gasteiger partial charge is 0.243 e. The van der Waals surface area contributed by atoms with E-state index in [9.17, 15) is 18.5 Å². The van der Waals surface area contributed by atoms with E-state index in [0.717, 1.165) is 30.4 Å². The van der Waals surface area contributed by atoms with Crippen LogP contribution in [0.25, 0.3) is 0 Å². The quantitative estimate of drug-likeness (QED) is 0.697. The van der Waals surface area contributed by atoms with Gasteiger partial charge >= 0.3 is 0 Å². The number of carbonyl (C=O) groups excluding carboxylic acids is 1. The van der Waals surface area contributed by atoms with Crippen LogP contribution in [0.5, 0.6) is 0 Å². The number of sulfonamides is 1. The van der Waals surface area contributed by atoms with Crippen LogP contribution in [0.2, 0.25) is 0 Å². The van der Waals surface area contributed by atoms with E-state index in [1.54, 1.807) is 12.1 Å². The average molecular weight is 473 g/mol. The summed E-state index contributed by atoms with van der Waals surface area (Å²) in [5, 5.41) is 13.0. The second kappa shape index (κ2) is 9.32. The summed E-state index contributed by atoms with van der Waals surface area (Å²) >= 11 is 1.51. The Kier molecular flexibility index (Phi) is 6.67. The van der Waals surface area contributed by atoms with Gasteiger partial charge in [0, 0.05) is 31.1 Å². The summed E-state index contributed by atoms with van der Waals surface area (Å²) in [7, 11) is -3.54. The van der Waals surface area contributed by atoms with Gasteiger partial charge in [-0.1, -0.05) is 26.0 Å². The van der Waals surface area contributed by atoms with Gasteiger partial charge in [0.2, 0.25) is 15.9 Å². The SMILES string of the molecule is CC(C)c1ccc(S(=O)(=O)N2CCN(CC(=O)Nc3sc4c(c3C#N)CCC4)CC2)cc1. The van der Waals surface area contributed by atoms with Crippen LogP contribution in [0.15, 0.2) is 29.2 Å². The van der Waals surface area contributed by atoms with Crippen molar-refractivity contribution in [2.75, 3.05) is 38.0 Å². The van der Waals surface area contributed by atoms with Crippen molar-refractivity contribution in [2.45, 2.75) is 43.9 Å². The van der Waals surface area contributed by atoms with Crippen molar-refractivity contribution < 1.29 is 13.2 Å². The number of rotatable bonds is 6. The van der Waals surface area contributed by atoms with Crippen molar-refractivity contribution in [3.05, 3.63) is 45.8 Å². The molecule has 0 spiro atoms. The molecule has 170 valence electrons. The van der Waals surface area contributed by atoms with Crippen LogP contribution in [-0.4, -0.2) is 56.3 Å². The molecule has 0 atom stereocenters. The zero-order valence-electron chi connectivity index (χ0n) is 18.4. The highest BCUT2D eigenvalue weighted by atomic mass is 32.2. The molecule has 1 aromatic carbocycles. The lowest BCUT2D eigenvalue weighted by Crippen LogP contribution is -2.50. The Labute approximate surface area is 193 Å². The molecule has 1 N–H and O–H groups in total. The molecule has 2 aromatic rings. The average Bonchev–Trinajstić information content (AvgIpc) is 3.34. The number of thiophene rings is 1. The third-order valence-electron chi connectivity index (χ3n) is 6.17. The topological polar surface area (TPSA) is 93.5 Å². The minimum absolute atomic E-state index is 0.165. The Morgan fingerprint density at radius 1 is 1.16 bits per heavy atom. The number of aryl methyl sites for hydroxylation is 1. The summed E-state index contributed by atoms with van der Waals surface area (Å²) in [6.07, 6.45) is 2.95. The van der Waals surface area contributed by atoms with Gasteiger partial charge in [0.15, 0.2) is 0 Å². The second-order valence-corrected chi connectivity index (χ2v) is 11.7. The van der Waals surface area contributed by atoms with Crippen LogP contribution in [0, 0.1) is 11.3 Å². The molecule has 0 radical (unpaired) electrons. The van der Waals surface area contributed by atoms with Gasteiger partial charge < -0.3 is 5.32 Å². The molecule has 1 fully saturated rings. The Bertz CT molecular complexity index is 1140. The molecule has 32 heavy (non-hydrogen) atoms. The van der Waals surface area contributed by atoms with Gasteiger partial charge in [0.05, 0.1) is 17.0 Å². The van der Waals surface area contributed by atoms with Gasteiger partial charge in [0.1, 0.15) is 11.1 Å². The molecule has 1 amide bonds. The maximum Gasteiger partial charge on any atom is 0.243 e. The second-order valence-electron chi connectivity index (χ2n) is 8.63. The maximum atomic E-state index is 13.0. The molecule has 0 bridgehead atoms. The molecule has 2 aliphatic rings. The predicted molar refractivity (Wildman–Crippen MR) is 125 cm³/mol. The first kappa shape index (κ1) is 22.9. The van der Waals surface area contributed by atoms with E-state index in [1.165, 1.54) is 20.5 Å². The number of nitrogens with zero attached hydrogens (tertiary/aromatic N) is 3. The molecule has 1 aliphatic heterocycles. The first-order valence-electron chi connectivity index (χ1n) is 11.0. The van der Waals surface area contributed by atoms with Crippen molar-refractivity contribution in [1.82, 2.24) is 9.21 Å². The minimum atomic E-state index is -3.54. The van der Waals surface area contributed by atoms with E-state index in [2.05, 4.69) is 25.2 Å². The molecule has 0 unspecified atom stereocenters. The third-order valence-corrected chi connectivity index (χ3v) is 9.29. The van der Waals surface area contributed by atoms with Gasteiger partial charge in [-0.15, -0.1) is 11.3 Å². The Morgan fingerprint density at radius 3 is 2.47 bits per heavy atom. The summed E-state index contributed by atoms with van der Waals surface area (Å²) in [5.41, 5.74) is 2.80. The molecule has 9 heteroatoms. The standard InChI is InChI=1S/C23H28N4O3S2/c1-16(2)17-6-8-18(9-7-17)32(29,30)27-12-10-26(11-13-27)15-22(28)25-23-20(14-24)19-4-3-5-21(19)31-23/h6-9,16H,3-5,10-13,15H2,1-2H3,(H,25,28). The molecule has 1 aliphatic carbocycles. The number of fused-ring (bicyclic) bond motifs is 1. The zero-order chi connectivity index (χ0) is 22.9. The highest BCUT2D eigenvalue weighted by molar-refractivity contribution is 7.89. The normalized spacial score (nSPS) is 17.3. The zero-order valence-corrected chi connectivity index (χ0v) is 20.1. The third kappa shape index (κ3) is 4.59. The largest absolute Gasteiger partial charge is 0.315 e. The highest BCUT2D eigenvalue weighted by Crippen LogP contribution is 2.38. The van der Waals surface area contributed by atoms with Crippen LogP contribution in [0.3, 0.4) is 0 Å². The number of amides is 1. The predicted octanol–water partition coefficient (Wildman–Crippen LogP) is 3.18. The number of nitriles is 1. The summed E-state index contributed by atoms with van der Waals surface area (Å²) in [6, 6.07) is 9.33. The molecule has 0 saturated carbocycles. The fourth-order valence-corrected chi connectivity index (χ4v) is 6.96. The van der Waals surface area contributed by atoms with Crippen LogP contribution < -0.4 is 5.32 Å². The Hall–Kier alpha value is -2.25. The number of hydrogen-bond donors (Lipinski definition) is 1. The van der Waals surface area contributed by atoms with E-state index in [-0.39, 0.29) is 12.5 Å². The maximum absolute atomic E-state index is 13.0. The summed E-state index contributed by atoms with van der Waals surface area (Å²) < 4.78 is 27.4. The lowest BCUT2D eigenvalue weighted by Gasteiger charge is -2.33. The van der Waals surface area contributed by atoms with Gasteiger partial charge in [-0.3, -0.25) is 9.69 Å². The van der Waals surface area contributed by atoms with Gasteiger partial charge in [-0.25, -0.2) is 8.42 Å². The molecule has 1 aromatic heterocycles. The van der Waals surface area contributed by atoms with Crippen LogP contribution >= 0.6 is 11.3 Å². The lowest BCUT2D eigenvalue weighted by molar-refractivity contribution is -0.117. The molecule has 7 nitrogen and oxygen atoms in total. The van der Waals surface area contributed by atoms with E-state index in [4.69, 9.17) is 0 Å². The Balaban J connectivity index is 1.33. The summed E-state index contributed by atoms with van der Waals surface area (Å²) in [5.74, 6) is 0.183.